The van der Waals surface area contributed by atoms with Crippen molar-refractivity contribution >= 4 is 11.8 Å². The van der Waals surface area contributed by atoms with E-state index in [1.165, 1.54) is 7.11 Å². The van der Waals surface area contributed by atoms with Crippen LogP contribution in [0.25, 0.3) is 0 Å². The molecule has 6 nitrogen and oxygen atoms in total. The van der Waals surface area contributed by atoms with Crippen LogP contribution in [0.5, 0.6) is 0 Å². The van der Waals surface area contributed by atoms with E-state index < -0.39 is 11.5 Å². The van der Waals surface area contributed by atoms with Crippen molar-refractivity contribution in [1.82, 2.24) is 10.2 Å². The number of rotatable bonds is 5. The Morgan fingerprint density at radius 2 is 1.93 bits per heavy atom. The van der Waals surface area contributed by atoms with Gasteiger partial charge in [0.2, 0.25) is 11.8 Å². The molecule has 1 saturated carbocycles. The summed E-state index contributed by atoms with van der Waals surface area (Å²) in [6.45, 7) is 0.759. The van der Waals surface area contributed by atoms with E-state index in [4.69, 9.17) is 4.74 Å². The molecule has 1 aliphatic carbocycles. The van der Waals surface area contributed by atoms with Gasteiger partial charge in [0, 0.05) is 20.2 Å². The molecular formula is C21H30N2O4. The highest BCUT2D eigenvalue weighted by Crippen LogP contribution is 2.40. The monoisotopic (exact) mass is 374 g/mol. The van der Waals surface area contributed by atoms with Crippen LogP contribution in [-0.2, 0) is 19.7 Å². The normalized spacial score (nSPS) is 25.0. The molecule has 2 amide bonds. The van der Waals surface area contributed by atoms with Crippen LogP contribution in [0.4, 0.5) is 0 Å². The molecule has 148 valence electrons. The largest absolute Gasteiger partial charge is 0.389 e. The van der Waals surface area contributed by atoms with E-state index in [9.17, 15) is 14.7 Å². The molecule has 0 radical (unpaired) electrons. The molecule has 3 rings (SSSR count). The summed E-state index contributed by atoms with van der Waals surface area (Å²) in [5, 5.41) is 13.6. The number of aliphatic hydroxyl groups is 1. The van der Waals surface area contributed by atoms with Gasteiger partial charge in [-0.15, -0.1) is 0 Å². The third-order valence-electron chi connectivity index (χ3n) is 5.99. The van der Waals surface area contributed by atoms with Crippen LogP contribution in [0.15, 0.2) is 30.3 Å². The van der Waals surface area contributed by atoms with E-state index in [-0.39, 0.29) is 31.0 Å². The third-order valence-corrected chi connectivity index (χ3v) is 5.99. The summed E-state index contributed by atoms with van der Waals surface area (Å²) in [6, 6.07) is 9.67. The molecule has 27 heavy (non-hydrogen) atoms. The minimum atomic E-state index is -0.764. The molecule has 1 saturated heterocycles. The van der Waals surface area contributed by atoms with E-state index in [0.717, 1.165) is 37.7 Å². The fourth-order valence-electron chi connectivity index (χ4n) is 4.41. The number of methoxy groups -OCH3 is 1. The molecule has 2 aliphatic rings. The molecule has 2 atom stereocenters. The van der Waals surface area contributed by atoms with Gasteiger partial charge in [0.1, 0.15) is 6.61 Å². The van der Waals surface area contributed by atoms with Gasteiger partial charge in [0.05, 0.1) is 17.6 Å². The highest BCUT2D eigenvalue weighted by Gasteiger charge is 2.43. The maximum atomic E-state index is 13.3. The van der Waals surface area contributed by atoms with Crippen molar-refractivity contribution < 1.29 is 19.4 Å². The molecule has 0 aromatic heterocycles. The lowest BCUT2D eigenvalue weighted by Gasteiger charge is -2.41. The lowest BCUT2D eigenvalue weighted by molar-refractivity contribution is -0.139. The van der Waals surface area contributed by atoms with Crippen molar-refractivity contribution in [1.29, 1.82) is 0 Å². The van der Waals surface area contributed by atoms with E-state index in [0.29, 0.717) is 13.0 Å². The van der Waals surface area contributed by atoms with Crippen LogP contribution < -0.4 is 5.32 Å². The Bertz CT molecular complexity index is 643. The van der Waals surface area contributed by atoms with E-state index in [1.54, 1.807) is 4.90 Å². The second-order valence-electron chi connectivity index (χ2n) is 7.72. The first-order valence-corrected chi connectivity index (χ1v) is 9.88. The van der Waals surface area contributed by atoms with Crippen molar-refractivity contribution in [2.45, 2.75) is 56.1 Å². The van der Waals surface area contributed by atoms with Crippen molar-refractivity contribution in [3.8, 4) is 0 Å². The number of carbonyl (C=O) groups excluding carboxylic acids is 2. The number of amides is 2. The van der Waals surface area contributed by atoms with E-state index in [1.807, 2.05) is 30.3 Å². The number of hydrogen-bond donors (Lipinski definition) is 2. The molecule has 0 unspecified atom stereocenters. The summed E-state index contributed by atoms with van der Waals surface area (Å²) in [6.07, 6.45) is 4.69. The number of likely N-dealkylation sites (tertiary alicyclic amines) is 1. The quantitative estimate of drug-likeness (QED) is 0.821. The molecule has 1 heterocycles. The summed E-state index contributed by atoms with van der Waals surface area (Å²) in [5.41, 5.74) is 0.548. The van der Waals surface area contributed by atoms with Crippen LogP contribution in [-0.4, -0.2) is 60.8 Å². The van der Waals surface area contributed by atoms with Crippen molar-refractivity contribution in [3.63, 3.8) is 0 Å². The van der Waals surface area contributed by atoms with Gasteiger partial charge in [-0.05, 0) is 24.8 Å². The van der Waals surface area contributed by atoms with Crippen molar-refractivity contribution in [2.75, 3.05) is 26.8 Å². The van der Waals surface area contributed by atoms with Gasteiger partial charge in [-0.3, -0.25) is 9.59 Å². The summed E-state index contributed by atoms with van der Waals surface area (Å²) in [4.78, 5) is 26.9. The lowest BCUT2D eigenvalue weighted by atomic mass is 9.68. The van der Waals surface area contributed by atoms with Crippen LogP contribution in [0.1, 0.15) is 44.1 Å². The third kappa shape index (κ3) is 4.33. The molecule has 1 aromatic rings. The first-order chi connectivity index (χ1) is 13.1. The van der Waals surface area contributed by atoms with Gasteiger partial charge in [-0.2, -0.15) is 0 Å². The number of ether oxygens (including phenoxy) is 1. The standard InChI is InChI=1S/C21H30N2O4/c1-27-15-19(25)23-13-10-17(18(24)14-23)22-20(26)21(11-6-3-7-12-21)16-8-4-2-5-9-16/h2,4-5,8-9,17-18,24H,3,6-7,10-15H2,1H3,(H,22,26)/t17-,18-/m1/s1. The number of benzene rings is 1. The van der Waals surface area contributed by atoms with Gasteiger partial charge in [-0.1, -0.05) is 49.6 Å². The summed E-state index contributed by atoms with van der Waals surface area (Å²) in [5.74, 6) is -0.122. The summed E-state index contributed by atoms with van der Waals surface area (Å²) < 4.78 is 4.88. The Labute approximate surface area is 160 Å². The minimum Gasteiger partial charge on any atom is -0.389 e. The highest BCUT2D eigenvalue weighted by atomic mass is 16.5. The number of hydrogen-bond acceptors (Lipinski definition) is 4. The fraction of sp³-hybridized carbons (Fsp3) is 0.619. The molecular weight excluding hydrogens is 344 g/mol. The molecule has 2 N–H and O–H groups in total. The number of carbonyl (C=O) groups is 2. The predicted molar refractivity (Wildman–Crippen MR) is 102 cm³/mol. The van der Waals surface area contributed by atoms with Crippen LogP contribution in [0.3, 0.4) is 0 Å². The fourth-order valence-corrected chi connectivity index (χ4v) is 4.41. The Morgan fingerprint density at radius 3 is 2.56 bits per heavy atom. The SMILES string of the molecule is COCC(=O)N1CC[C@@H](NC(=O)C2(c3ccccc3)CCCCC2)[C@H](O)C1. The minimum absolute atomic E-state index is 0.00844. The van der Waals surface area contributed by atoms with E-state index in [2.05, 4.69) is 5.32 Å². The predicted octanol–water partition coefficient (Wildman–Crippen LogP) is 1.61. The highest BCUT2D eigenvalue weighted by molar-refractivity contribution is 5.88. The lowest BCUT2D eigenvalue weighted by Crippen LogP contribution is -2.58. The molecule has 6 heteroatoms. The van der Waals surface area contributed by atoms with Crippen molar-refractivity contribution in [3.05, 3.63) is 35.9 Å². The van der Waals surface area contributed by atoms with Crippen LogP contribution in [0.2, 0.25) is 0 Å². The molecule has 0 bridgehead atoms. The number of nitrogens with zero attached hydrogens (tertiary/aromatic N) is 1. The zero-order valence-corrected chi connectivity index (χ0v) is 16.0. The van der Waals surface area contributed by atoms with Crippen LogP contribution >= 0.6 is 0 Å². The smallest absolute Gasteiger partial charge is 0.248 e. The summed E-state index contributed by atoms with van der Waals surface area (Å²) in [7, 11) is 1.48. The molecule has 2 fully saturated rings. The Balaban J connectivity index is 1.69. The Kier molecular flexibility index (Phi) is 6.50. The number of nitrogens with one attached hydrogen (secondary N) is 1. The molecule has 1 aromatic carbocycles. The average Bonchev–Trinajstić information content (AvgIpc) is 2.70. The van der Waals surface area contributed by atoms with E-state index >= 15 is 0 Å². The number of aliphatic hydroxyl groups excluding tert-OH is 1. The van der Waals surface area contributed by atoms with Gasteiger partial charge >= 0.3 is 0 Å². The first-order valence-electron chi connectivity index (χ1n) is 9.88. The van der Waals surface area contributed by atoms with Gasteiger partial charge in [0.15, 0.2) is 0 Å². The Morgan fingerprint density at radius 1 is 1.22 bits per heavy atom. The second-order valence-corrected chi connectivity index (χ2v) is 7.72. The zero-order valence-electron chi connectivity index (χ0n) is 16.0. The van der Waals surface area contributed by atoms with Crippen LogP contribution in [0, 0.1) is 0 Å². The molecule has 1 aliphatic heterocycles. The maximum Gasteiger partial charge on any atom is 0.248 e. The number of β-amino-alcohol motifs (C(OH)–C–C–N with tert-alkyl or cyclic N) is 1. The first kappa shape index (κ1) is 19.8. The number of piperidine rings is 1. The Hall–Kier alpha value is -1.92. The second kappa shape index (κ2) is 8.85. The molecule has 0 spiro atoms. The van der Waals surface area contributed by atoms with Gasteiger partial charge in [0.25, 0.3) is 0 Å². The van der Waals surface area contributed by atoms with Gasteiger partial charge in [-0.25, -0.2) is 0 Å². The van der Waals surface area contributed by atoms with Crippen molar-refractivity contribution in [2.24, 2.45) is 0 Å². The van der Waals surface area contributed by atoms with Gasteiger partial charge < -0.3 is 20.1 Å². The zero-order chi connectivity index (χ0) is 19.3. The summed E-state index contributed by atoms with van der Waals surface area (Å²) >= 11 is 0. The topological polar surface area (TPSA) is 78.9 Å². The average molecular weight is 374 g/mol. The maximum absolute atomic E-state index is 13.3.